The Labute approximate surface area is 161 Å². The zero-order chi connectivity index (χ0) is 20.6. The molecule has 0 aliphatic carbocycles. The van der Waals surface area contributed by atoms with Crippen molar-refractivity contribution in [2.45, 2.75) is 51.6 Å². The average molecular weight is 399 g/mol. The first kappa shape index (κ1) is 23.1. The maximum atomic E-state index is 12.5. The van der Waals surface area contributed by atoms with E-state index in [-0.39, 0.29) is 23.5 Å². The Kier molecular flexibility index (Phi) is 8.87. The summed E-state index contributed by atoms with van der Waals surface area (Å²) in [5, 5.41) is 7.82. The molecule has 0 bridgehead atoms. The lowest BCUT2D eigenvalue weighted by Gasteiger charge is -2.19. The van der Waals surface area contributed by atoms with Crippen LogP contribution in [0.1, 0.15) is 46.2 Å². The van der Waals surface area contributed by atoms with Crippen molar-refractivity contribution in [1.29, 1.82) is 0 Å². The lowest BCUT2D eigenvalue weighted by Crippen LogP contribution is -2.45. The van der Waals surface area contributed by atoms with Gasteiger partial charge < -0.3 is 10.6 Å². The van der Waals surface area contributed by atoms with Crippen molar-refractivity contribution in [3.05, 3.63) is 29.8 Å². The minimum absolute atomic E-state index is 0.0355. The third kappa shape index (κ3) is 6.93. The summed E-state index contributed by atoms with van der Waals surface area (Å²) in [6.45, 7) is 9.85. The van der Waals surface area contributed by atoms with Gasteiger partial charge in [-0.2, -0.15) is 4.31 Å². The van der Waals surface area contributed by atoms with Gasteiger partial charge in [0.2, 0.25) is 15.9 Å². The van der Waals surface area contributed by atoms with Crippen LogP contribution < -0.4 is 16.0 Å². The summed E-state index contributed by atoms with van der Waals surface area (Å²) in [7, 11) is -3.49. The van der Waals surface area contributed by atoms with E-state index in [0.29, 0.717) is 13.1 Å². The van der Waals surface area contributed by atoms with Gasteiger partial charge in [0.15, 0.2) is 0 Å². The zero-order valence-corrected chi connectivity index (χ0v) is 17.4. The topological polar surface area (TPSA) is 108 Å². The molecule has 0 aliphatic heterocycles. The van der Waals surface area contributed by atoms with E-state index in [4.69, 9.17) is 0 Å². The van der Waals surface area contributed by atoms with Crippen molar-refractivity contribution in [2.24, 2.45) is 0 Å². The fraction of sp³-hybridized carbons (Fsp3) is 0.556. The van der Waals surface area contributed by atoms with Crippen molar-refractivity contribution in [3.8, 4) is 0 Å². The molecule has 0 aromatic heterocycles. The standard InChI is InChI=1S/C18H30N4O4S/c1-6-22(7-2)27(25,26)16-10-8-15(9-11-16)14(5)19-12-17(23)21-18(24)20-13(3)4/h8-11,13-14,19H,6-7,12H2,1-5H3,(H2,20,21,23,24)/t14-/m0/s1. The Hall–Kier alpha value is -1.97. The summed E-state index contributed by atoms with van der Waals surface area (Å²) in [6.07, 6.45) is 0. The highest BCUT2D eigenvalue weighted by molar-refractivity contribution is 7.89. The molecule has 27 heavy (non-hydrogen) atoms. The molecule has 152 valence electrons. The first-order chi connectivity index (χ1) is 12.6. The minimum atomic E-state index is -3.49. The fourth-order valence-corrected chi connectivity index (χ4v) is 3.93. The lowest BCUT2D eigenvalue weighted by atomic mass is 10.1. The van der Waals surface area contributed by atoms with Gasteiger partial charge in [-0.25, -0.2) is 13.2 Å². The molecule has 0 radical (unpaired) electrons. The summed E-state index contributed by atoms with van der Waals surface area (Å²) in [6, 6.07) is 5.80. The molecule has 1 atom stereocenters. The van der Waals surface area contributed by atoms with Gasteiger partial charge in [0.1, 0.15) is 0 Å². The van der Waals surface area contributed by atoms with Gasteiger partial charge >= 0.3 is 6.03 Å². The first-order valence-electron chi connectivity index (χ1n) is 9.05. The Morgan fingerprint density at radius 2 is 1.59 bits per heavy atom. The third-order valence-electron chi connectivity index (χ3n) is 3.96. The van der Waals surface area contributed by atoms with Gasteiger partial charge in [0.25, 0.3) is 0 Å². The number of carbonyl (C=O) groups excluding carboxylic acids is 2. The molecule has 0 saturated heterocycles. The van der Waals surface area contributed by atoms with E-state index in [1.807, 2.05) is 6.92 Å². The van der Waals surface area contributed by atoms with Gasteiger partial charge in [0.05, 0.1) is 11.4 Å². The molecule has 1 aromatic carbocycles. The highest BCUT2D eigenvalue weighted by Gasteiger charge is 2.21. The summed E-state index contributed by atoms with van der Waals surface area (Å²) in [5.41, 5.74) is 0.841. The molecule has 0 fully saturated rings. The summed E-state index contributed by atoms with van der Waals surface area (Å²) in [4.78, 5) is 23.5. The molecule has 1 aromatic rings. The van der Waals surface area contributed by atoms with E-state index in [2.05, 4.69) is 16.0 Å². The van der Waals surface area contributed by atoms with Gasteiger partial charge in [-0.15, -0.1) is 0 Å². The number of carbonyl (C=O) groups is 2. The van der Waals surface area contributed by atoms with Gasteiger partial charge in [-0.05, 0) is 38.5 Å². The van der Waals surface area contributed by atoms with E-state index < -0.39 is 22.0 Å². The number of nitrogens with one attached hydrogen (secondary N) is 3. The number of rotatable bonds is 9. The quantitative estimate of drug-likeness (QED) is 0.586. The second kappa shape index (κ2) is 10.4. The number of urea groups is 1. The van der Waals surface area contributed by atoms with Crippen molar-refractivity contribution in [3.63, 3.8) is 0 Å². The predicted molar refractivity (Wildman–Crippen MR) is 105 cm³/mol. The van der Waals surface area contributed by atoms with Crippen LogP contribution in [0, 0.1) is 0 Å². The van der Waals surface area contributed by atoms with E-state index in [9.17, 15) is 18.0 Å². The molecule has 0 aliphatic rings. The SMILES string of the molecule is CCN(CC)S(=O)(=O)c1ccc([C@H](C)NCC(=O)NC(=O)NC(C)C)cc1. The van der Waals surface area contributed by atoms with Crippen LogP contribution in [-0.4, -0.2) is 50.3 Å². The predicted octanol–water partition coefficient (Wildman–Crippen LogP) is 1.60. The molecular weight excluding hydrogens is 368 g/mol. The van der Waals surface area contributed by atoms with Crippen LogP contribution in [0.4, 0.5) is 4.79 Å². The van der Waals surface area contributed by atoms with Crippen LogP contribution in [-0.2, 0) is 14.8 Å². The van der Waals surface area contributed by atoms with Crippen LogP contribution in [0.15, 0.2) is 29.2 Å². The zero-order valence-electron chi connectivity index (χ0n) is 16.6. The average Bonchev–Trinajstić information content (AvgIpc) is 2.59. The molecule has 9 heteroatoms. The molecule has 1 rings (SSSR count). The Bertz CT molecular complexity index is 728. The second-order valence-electron chi connectivity index (χ2n) is 6.44. The highest BCUT2D eigenvalue weighted by atomic mass is 32.2. The molecule has 8 nitrogen and oxygen atoms in total. The highest BCUT2D eigenvalue weighted by Crippen LogP contribution is 2.19. The van der Waals surface area contributed by atoms with Crippen LogP contribution >= 0.6 is 0 Å². The van der Waals surface area contributed by atoms with Crippen LogP contribution in [0.5, 0.6) is 0 Å². The molecular formula is C18H30N4O4S. The van der Waals surface area contributed by atoms with Gasteiger partial charge in [-0.1, -0.05) is 26.0 Å². The van der Waals surface area contributed by atoms with Crippen molar-refractivity contribution in [2.75, 3.05) is 19.6 Å². The van der Waals surface area contributed by atoms with Gasteiger partial charge in [0, 0.05) is 25.2 Å². The second-order valence-corrected chi connectivity index (χ2v) is 8.38. The molecule has 0 heterocycles. The number of hydrogen-bond acceptors (Lipinski definition) is 5. The Morgan fingerprint density at radius 1 is 1.04 bits per heavy atom. The minimum Gasteiger partial charge on any atom is -0.336 e. The van der Waals surface area contributed by atoms with Crippen LogP contribution in [0.3, 0.4) is 0 Å². The smallest absolute Gasteiger partial charge is 0.321 e. The first-order valence-corrected chi connectivity index (χ1v) is 10.5. The van der Waals surface area contributed by atoms with Crippen LogP contribution in [0.2, 0.25) is 0 Å². The largest absolute Gasteiger partial charge is 0.336 e. The summed E-state index contributed by atoms with van der Waals surface area (Å²) in [5.74, 6) is -0.444. The Balaban J connectivity index is 2.66. The number of amides is 3. The Morgan fingerprint density at radius 3 is 2.07 bits per heavy atom. The molecule has 0 spiro atoms. The van der Waals surface area contributed by atoms with Crippen molar-refractivity contribution >= 4 is 22.0 Å². The number of sulfonamides is 1. The maximum Gasteiger partial charge on any atom is 0.321 e. The van der Waals surface area contributed by atoms with E-state index in [0.717, 1.165) is 5.56 Å². The van der Waals surface area contributed by atoms with Crippen molar-refractivity contribution in [1.82, 2.24) is 20.3 Å². The van der Waals surface area contributed by atoms with Crippen molar-refractivity contribution < 1.29 is 18.0 Å². The van der Waals surface area contributed by atoms with E-state index >= 15 is 0 Å². The normalized spacial score (nSPS) is 12.9. The van der Waals surface area contributed by atoms with Crippen LogP contribution in [0.25, 0.3) is 0 Å². The summed E-state index contributed by atoms with van der Waals surface area (Å²) >= 11 is 0. The number of nitrogens with zero attached hydrogens (tertiary/aromatic N) is 1. The monoisotopic (exact) mass is 398 g/mol. The third-order valence-corrected chi connectivity index (χ3v) is 6.03. The lowest BCUT2D eigenvalue weighted by molar-refractivity contribution is -0.119. The maximum absolute atomic E-state index is 12.5. The van der Waals surface area contributed by atoms with E-state index in [1.165, 1.54) is 4.31 Å². The number of imide groups is 1. The number of benzene rings is 1. The summed E-state index contributed by atoms with van der Waals surface area (Å²) < 4.78 is 26.4. The molecule has 0 saturated carbocycles. The van der Waals surface area contributed by atoms with E-state index in [1.54, 1.807) is 52.0 Å². The molecule has 0 unspecified atom stereocenters. The van der Waals surface area contributed by atoms with Gasteiger partial charge in [-0.3, -0.25) is 10.1 Å². The number of hydrogen-bond donors (Lipinski definition) is 3. The molecule has 3 N–H and O–H groups in total. The molecule has 3 amide bonds. The fourth-order valence-electron chi connectivity index (χ4n) is 2.47.